The summed E-state index contributed by atoms with van der Waals surface area (Å²) in [5.74, 6) is -1.26. The highest BCUT2D eigenvalue weighted by Crippen LogP contribution is 2.14. The highest BCUT2D eigenvalue weighted by atomic mass is 16.6. The molecule has 0 saturated heterocycles. The Morgan fingerprint density at radius 2 is 2.10 bits per heavy atom. The van der Waals surface area contributed by atoms with Gasteiger partial charge in [0.05, 0.1) is 12.1 Å². The van der Waals surface area contributed by atoms with Crippen LogP contribution in [-0.2, 0) is 6.54 Å². The average Bonchev–Trinajstić information content (AvgIpc) is 2.87. The maximum absolute atomic E-state index is 12.2. The average molecular weight is 285 g/mol. The molecule has 0 spiro atoms. The maximum atomic E-state index is 12.2. The van der Waals surface area contributed by atoms with Crippen LogP contribution >= 0.6 is 0 Å². The minimum atomic E-state index is -1.26. The Kier molecular flexibility index (Phi) is 3.02. The Balaban J connectivity index is 2.26. The van der Waals surface area contributed by atoms with E-state index in [4.69, 9.17) is 0 Å². The fourth-order valence-electron chi connectivity index (χ4n) is 2.18. The van der Waals surface area contributed by atoms with Gasteiger partial charge in [0.2, 0.25) is 5.43 Å². The van der Waals surface area contributed by atoms with Gasteiger partial charge in [-0.1, -0.05) is 22.4 Å². The summed E-state index contributed by atoms with van der Waals surface area (Å²) in [5, 5.41) is 17.0. The molecule has 21 heavy (non-hydrogen) atoms. The largest absolute Gasteiger partial charge is 0.477 e. The Hall–Kier alpha value is -2.96. The van der Waals surface area contributed by atoms with Gasteiger partial charge >= 0.3 is 5.97 Å². The second-order valence-corrected chi connectivity index (χ2v) is 4.62. The number of pyridine rings is 1. The minimum Gasteiger partial charge on any atom is -0.477 e. The first kappa shape index (κ1) is 13.0. The predicted molar refractivity (Wildman–Crippen MR) is 73.3 cm³/mol. The minimum absolute atomic E-state index is 0.274. The first-order chi connectivity index (χ1) is 10.1. The first-order valence-corrected chi connectivity index (χ1v) is 6.21. The fourth-order valence-corrected chi connectivity index (χ4v) is 2.18. The van der Waals surface area contributed by atoms with Crippen molar-refractivity contribution in [1.82, 2.24) is 14.9 Å². The number of benzene rings is 1. The molecule has 106 valence electrons. The molecule has 0 aliphatic heterocycles. The third-order valence-electron chi connectivity index (χ3n) is 3.28. The van der Waals surface area contributed by atoms with Gasteiger partial charge in [-0.05, 0) is 19.1 Å². The van der Waals surface area contributed by atoms with E-state index in [9.17, 15) is 14.7 Å². The van der Waals surface area contributed by atoms with Gasteiger partial charge in [0.25, 0.3) is 0 Å². The van der Waals surface area contributed by atoms with Gasteiger partial charge in [-0.15, -0.1) is 0 Å². The number of hydrogen-bond acceptors (Lipinski definition) is 5. The summed E-state index contributed by atoms with van der Waals surface area (Å²) < 4.78 is 6.30. The van der Waals surface area contributed by atoms with Crippen LogP contribution in [0.3, 0.4) is 0 Å². The zero-order valence-corrected chi connectivity index (χ0v) is 11.1. The number of hydrogen-bond donors (Lipinski definition) is 1. The van der Waals surface area contributed by atoms with E-state index in [-0.39, 0.29) is 12.1 Å². The molecule has 7 nitrogen and oxygen atoms in total. The molecular weight excluding hydrogens is 274 g/mol. The van der Waals surface area contributed by atoms with Crippen molar-refractivity contribution in [3.8, 4) is 0 Å². The molecule has 0 radical (unpaired) electrons. The van der Waals surface area contributed by atoms with Crippen molar-refractivity contribution in [1.29, 1.82) is 0 Å². The number of carbonyl (C=O) groups is 1. The molecular formula is C14H11N3O4. The molecule has 0 bridgehead atoms. The molecule has 3 aromatic rings. The Bertz CT molecular complexity index is 895. The summed E-state index contributed by atoms with van der Waals surface area (Å²) in [6, 6.07) is 6.84. The topological polar surface area (TPSA) is 98.2 Å². The molecule has 7 heteroatoms. The summed E-state index contributed by atoms with van der Waals surface area (Å²) in [6.45, 7) is 2.02. The van der Waals surface area contributed by atoms with Crippen LogP contribution < -0.4 is 5.43 Å². The van der Waals surface area contributed by atoms with Gasteiger partial charge in [-0.25, -0.2) is 9.42 Å². The van der Waals surface area contributed by atoms with Gasteiger partial charge < -0.3 is 9.67 Å². The predicted octanol–water partition coefficient (Wildman–Crippen LogP) is 1.44. The molecule has 0 aliphatic carbocycles. The zero-order valence-electron chi connectivity index (χ0n) is 11.1. The van der Waals surface area contributed by atoms with Crippen LogP contribution in [0.4, 0.5) is 0 Å². The monoisotopic (exact) mass is 285 g/mol. The third-order valence-corrected chi connectivity index (χ3v) is 3.28. The molecule has 0 unspecified atom stereocenters. The standard InChI is InChI=1S/C14H11N3O4/c1-8-11(16-21-15-8)7-17-6-10(14(19)20)13(18)9-4-2-3-5-12(9)17/h2-6H,7H2,1H3,(H,19,20). The number of rotatable bonds is 3. The van der Waals surface area contributed by atoms with Crippen molar-refractivity contribution in [3.05, 3.63) is 57.6 Å². The normalized spacial score (nSPS) is 10.9. The molecule has 0 saturated carbocycles. The molecule has 1 N–H and O–H groups in total. The lowest BCUT2D eigenvalue weighted by Crippen LogP contribution is -2.19. The summed E-state index contributed by atoms with van der Waals surface area (Å²) in [5.41, 5.74) is 1.07. The van der Waals surface area contributed by atoms with E-state index < -0.39 is 11.4 Å². The quantitative estimate of drug-likeness (QED) is 0.781. The highest BCUT2D eigenvalue weighted by Gasteiger charge is 2.15. The van der Waals surface area contributed by atoms with Crippen molar-refractivity contribution in [2.75, 3.05) is 0 Å². The van der Waals surface area contributed by atoms with Crippen LogP contribution in [0.25, 0.3) is 10.9 Å². The van der Waals surface area contributed by atoms with Gasteiger partial charge in [-0.3, -0.25) is 4.79 Å². The van der Waals surface area contributed by atoms with Gasteiger partial charge in [0.15, 0.2) is 0 Å². The molecule has 3 rings (SSSR count). The van der Waals surface area contributed by atoms with Crippen molar-refractivity contribution in [2.24, 2.45) is 0 Å². The number of aryl methyl sites for hydroxylation is 1. The van der Waals surface area contributed by atoms with Crippen LogP contribution in [0.15, 0.2) is 39.9 Å². The molecule has 1 aromatic carbocycles. The molecule has 2 aromatic heterocycles. The number of fused-ring (bicyclic) bond motifs is 1. The first-order valence-electron chi connectivity index (χ1n) is 6.21. The summed E-state index contributed by atoms with van der Waals surface area (Å²) in [6.07, 6.45) is 1.32. The molecule has 0 fully saturated rings. The number of aromatic nitrogens is 3. The Labute approximate surface area is 118 Å². The van der Waals surface area contributed by atoms with Gasteiger partial charge in [0.1, 0.15) is 17.0 Å². The van der Waals surface area contributed by atoms with Crippen molar-refractivity contribution >= 4 is 16.9 Å². The number of carboxylic acid groups (broad SMARTS) is 1. The molecule has 0 amide bonds. The molecule has 2 heterocycles. The van der Waals surface area contributed by atoms with Gasteiger partial charge in [-0.2, -0.15) is 0 Å². The molecule has 0 aliphatic rings. The van der Waals surface area contributed by atoms with Crippen LogP contribution in [0.5, 0.6) is 0 Å². The van der Waals surface area contributed by atoms with Crippen LogP contribution in [0, 0.1) is 6.92 Å². The van der Waals surface area contributed by atoms with Crippen molar-refractivity contribution in [2.45, 2.75) is 13.5 Å². The fraction of sp³-hybridized carbons (Fsp3) is 0.143. The number of carboxylic acids is 1. The summed E-state index contributed by atoms with van der Waals surface area (Å²) in [7, 11) is 0. The van der Waals surface area contributed by atoms with E-state index in [2.05, 4.69) is 14.9 Å². The number of aromatic carboxylic acids is 1. The molecule has 0 atom stereocenters. The number of para-hydroxylation sites is 1. The zero-order chi connectivity index (χ0) is 15.0. The number of nitrogens with zero attached hydrogens (tertiary/aromatic N) is 3. The van der Waals surface area contributed by atoms with E-state index >= 15 is 0 Å². The van der Waals surface area contributed by atoms with Gasteiger partial charge in [0, 0.05) is 11.6 Å². The summed E-state index contributed by atoms with van der Waals surface area (Å²) >= 11 is 0. The van der Waals surface area contributed by atoms with Crippen molar-refractivity contribution in [3.63, 3.8) is 0 Å². The third kappa shape index (κ3) is 2.18. The van der Waals surface area contributed by atoms with E-state index in [1.807, 2.05) is 0 Å². The van der Waals surface area contributed by atoms with E-state index in [0.717, 1.165) is 0 Å². The highest BCUT2D eigenvalue weighted by molar-refractivity contribution is 5.92. The van der Waals surface area contributed by atoms with Crippen LogP contribution in [0.1, 0.15) is 21.7 Å². The van der Waals surface area contributed by atoms with Crippen molar-refractivity contribution < 1.29 is 14.5 Å². The lowest BCUT2D eigenvalue weighted by molar-refractivity contribution is 0.0695. The summed E-state index contributed by atoms with van der Waals surface area (Å²) in [4.78, 5) is 23.4. The Morgan fingerprint density at radius 1 is 1.33 bits per heavy atom. The smallest absolute Gasteiger partial charge is 0.341 e. The lowest BCUT2D eigenvalue weighted by Gasteiger charge is -2.10. The van der Waals surface area contributed by atoms with E-state index in [1.165, 1.54) is 6.20 Å². The van der Waals surface area contributed by atoms with Crippen LogP contribution in [-0.4, -0.2) is 26.0 Å². The SMILES string of the molecule is Cc1nonc1Cn1cc(C(=O)O)c(=O)c2ccccc21. The second-order valence-electron chi connectivity index (χ2n) is 4.62. The van der Waals surface area contributed by atoms with E-state index in [0.29, 0.717) is 22.3 Å². The lowest BCUT2D eigenvalue weighted by atomic mass is 10.1. The maximum Gasteiger partial charge on any atom is 0.341 e. The van der Waals surface area contributed by atoms with E-state index in [1.54, 1.807) is 35.8 Å². The van der Waals surface area contributed by atoms with Crippen LogP contribution in [0.2, 0.25) is 0 Å². The Morgan fingerprint density at radius 3 is 2.76 bits per heavy atom. The second kappa shape index (κ2) is 4.86.